The van der Waals surface area contributed by atoms with Crippen LogP contribution in [0.25, 0.3) is 0 Å². The summed E-state index contributed by atoms with van der Waals surface area (Å²) in [6, 6.07) is 0. The molecule has 0 fully saturated rings. The van der Waals surface area contributed by atoms with E-state index in [4.69, 9.17) is 0 Å². The lowest BCUT2D eigenvalue weighted by atomic mass is 10.7. The zero-order valence-electron chi connectivity index (χ0n) is 5.13. The van der Waals surface area contributed by atoms with Crippen molar-refractivity contribution < 1.29 is 4.79 Å². The van der Waals surface area contributed by atoms with Gasteiger partial charge in [0.2, 0.25) is 5.91 Å². The molecule has 0 atom stereocenters. The maximum atomic E-state index is 10.4. The van der Waals surface area contributed by atoms with Crippen molar-refractivity contribution in [3.8, 4) is 0 Å². The second kappa shape index (κ2) is 2.77. The smallest absolute Gasteiger partial charge is 0.235 e. The highest BCUT2D eigenvalue weighted by Gasteiger charge is 2.03. The third-order valence-electron chi connectivity index (χ3n) is 0.852. The van der Waals surface area contributed by atoms with Crippen molar-refractivity contribution in [1.29, 1.82) is 0 Å². The molecule has 1 heterocycles. The van der Waals surface area contributed by atoms with Crippen LogP contribution >= 0.6 is 11.8 Å². The standard InChI is InChI=1S/C5H8N2OS/c1-5(8)6-7-2-3-9-4-7/h2-3H,4H2,1H3,(H,6,8). The number of nitrogens with one attached hydrogen (secondary N) is 1. The van der Waals surface area contributed by atoms with Gasteiger partial charge in [-0.1, -0.05) is 0 Å². The third kappa shape index (κ3) is 1.97. The Balaban J connectivity index is 2.28. The zero-order valence-corrected chi connectivity index (χ0v) is 5.94. The summed E-state index contributed by atoms with van der Waals surface area (Å²) in [5, 5.41) is 3.68. The number of amides is 1. The quantitative estimate of drug-likeness (QED) is 0.582. The Hall–Kier alpha value is -0.640. The molecule has 9 heavy (non-hydrogen) atoms. The third-order valence-corrected chi connectivity index (χ3v) is 1.59. The minimum absolute atomic E-state index is 0.0258. The molecule has 0 unspecified atom stereocenters. The minimum Gasteiger partial charge on any atom is -0.282 e. The molecule has 0 spiro atoms. The average molecular weight is 144 g/mol. The lowest BCUT2D eigenvalue weighted by Crippen LogP contribution is -2.34. The van der Waals surface area contributed by atoms with Gasteiger partial charge in [0, 0.05) is 13.1 Å². The average Bonchev–Trinajstić information content (AvgIpc) is 2.15. The van der Waals surface area contributed by atoms with E-state index >= 15 is 0 Å². The lowest BCUT2D eigenvalue weighted by molar-refractivity contribution is -0.122. The first kappa shape index (κ1) is 6.48. The molecule has 1 aliphatic heterocycles. The number of hydrogen-bond acceptors (Lipinski definition) is 3. The van der Waals surface area contributed by atoms with E-state index in [2.05, 4.69) is 5.43 Å². The van der Waals surface area contributed by atoms with Crippen molar-refractivity contribution in [2.45, 2.75) is 6.92 Å². The fourth-order valence-electron chi connectivity index (χ4n) is 0.555. The molecule has 1 aliphatic rings. The van der Waals surface area contributed by atoms with Crippen molar-refractivity contribution in [2.24, 2.45) is 0 Å². The highest BCUT2D eigenvalue weighted by atomic mass is 32.2. The summed E-state index contributed by atoms with van der Waals surface area (Å²) < 4.78 is 0. The van der Waals surface area contributed by atoms with Crippen LogP contribution in [0.5, 0.6) is 0 Å². The van der Waals surface area contributed by atoms with Gasteiger partial charge in [-0.3, -0.25) is 15.2 Å². The van der Waals surface area contributed by atoms with E-state index in [1.807, 2.05) is 11.6 Å². The molecule has 50 valence electrons. The van der Waals surface area contributed by atoms with E-state index in [0.717, 1.165) is 5.88 Å². The predicted octanol–water partition coefficient (Wildman–Crippen LogP) is 0.515. The molecule has 1 N–H and O–H groups in total. The van der Waals surface area contributed by atoms with Gasteiger partial charge in [-0.05, 0) is 5.41 Å². The Morgan fingerprint density at radius 2 is 2.67 bits per heavy atom. The molecule has 0 radical (unpaired) electrons. The van der Waals surface area contributed by atoms with Crippen molar-refractivity contribution in [3.05, 3.63) is 11.6 Å². The number of rotatable bonds is 1. The van der Waals surface area contributed by atoms with Crippen LogP contribution in [-0.4, -0.2) is 16.8 Å². The van der Waals surface area contributed by atoms with Crippen LogP contribution in [0, 0.1) is 0 Å². The Labute approximate surface area is 58.1 Å². The first-order valence-electron chi connectivity index (χ1n) is 2.61. The fourth-order valence-corrected chi connectivity index (χ4v) is 1.18. The van der Waals surface area contributed by atoms with Crippen LogP contribution in [0.15, 0.2) is 11.6 Å². The van der Waals surface area contributed by atoms with E-state index in [1.54, 1.807) is 16.8 Å². The summed E-state index contributed by atoms with van der Waals surface area (Å²) in [6.07, 6.45) is 1.84. The normalized spacial score (nSPS) is 16.3. The summed E-state index contributed by atoms with van der Waals surface area (Å²) in [5.74, 6) is 0.793. The Morgan fingerprint density at radius 1 is 1.89 bits per heavy atom. The first-order chi connectivity index (χ1) is 4.29. The predicted molar refractivity (Wildman–Crippen MR) is 37.3 cm³/mol. The molecule has 0 aromatic carbocycles. The first-order valence-corrected chi connectivity index (χ1v) is 3.66. The summed E-state index contributed by atoms with van der Waals surface area (Å²) >= 11 is 1.65. The molecule has 0 saturated carbocycles. The number of thioether (sulfide) groups is 1. The number of carbonyl (C=O) groups is 1. The topological polar surface area (TPSA) is 32.3 Å². The van der Waals surface area contributed by atoms with Crippen molar-refractivity contribution >= 4 is 17.7 Å². The Kier molecular flexibility index (Phi) is 2.00. The van der Waals surface area contributed by atoms with Crippen LogP contribution in [0.2, 0.25) is 0 Å². The van der Waals surface area contributed by atoms with Gasteiger partial charge < -0.3 is 0 Å². The van der Waals surface area contributed by atoms with Gasteiger partial charge in [-0.2, -0.15) is 0 Å². The molecular formula is C5H8N2OS. The molecular weight excluding hydrogens is 136 g/mol. The number of hydrazine groups is 1. The van der Waals surface area contributed by atoms with Gasteiger partial charge in [0.15, 0.2) is 0 Å². The monoisotopic (exact) mass is 144 g/mol. The lowest BCUT2D eigenvalue weighted by Gasteiger charge is -2.13. The minimum atomic E-state index is -0.0258. The molecule has 4 heteroatoms. The second-order valence-electron chi connectivity index (χ2n) is 1.72. The molecule has 1 rings (SSSR count). The fraction of sp³-hybridized carbons (Fsp3) is 0.400. The molecule has 0 aliphatic carbocycles. The van der Waals surface area contributed by atoms with Gasteiger partial charge in [-0.25, -0.2) is 0 Å². The summed E-state index contributed by atoms with van der Waals surface area (Å²) in [4.78, 5) is 10.4. The van der Waals surface area contributed by atoms with Crippen LogP contribution in [0.3, 0.4) is 0 Å². The maximum Gasteiger partial charge on any atom is 0.235 e. The highest BCUT2D eigenvalue weighted by molar-refractivity contribution is 8.02. The Bertz CT molecular complexity index is 146. The van der Waals surface area contributed by atoms with E-state index in [9.17, 15) is 4.79 Å². The summed E-state index contributed by atoms with van der Waals surface area (Å²) in [6.45, 7) is 1.50. The Morgan fingerprint density at radius 3 is 3.11 bits per heavy atom. The van der Waals surface area contributed by atoms with Crippen molar-refractivity contribution in [3.63, 3.8) is 0 Å². The number of carbonyl (C=O) groups excluding carboxylic acids is 1. The molecule has 0 bridgehead atoms. The van der Waals surface area contributed by atoms with E-state index < -0.39 is 0 Å². The molecule has 0 aromatic rings. The SMILES string of the molecule is CC(=O)NN1C=CSC1. The molecule has 0 saturated heterocycles. The summed E-state index contributed by atoms with van der Waals surface area (Å²) in [5.41, 5.74) is 2.63. The van der Waals surface area contributed by atoms with Crippen molar-refractivity contribution in [1.82, 2.24) is 10.4 Å². The van der Waals surface area contributed by atoms with Crippen LogP contribution in [-0.2, 0) is 4.79 Å². The van der Waals surface area contributed by atoms with Crippen LogP contribution in [0.4, 0.5) is 0 Å². The molecule has 3 nitrogen and oxygen atoms in total. The van der Waals surface area contributed by atoms with Gasteiger partial charge in [0.1, 0.15) is 0 Å². The van der Waals surface area contributed by atoms with Gasteiger partial charge in [-0.15, -0.1) is 11.8 Å². The number of hydrogen-bond donors (Lipinski definition) is 1. The van der Waals surface area contributed by atoms with E-state index in [0.29, 0.717) is 0 Å². The largest absolute Gasteiger partial charge is 0.282 e. The second-order valence-corrected chi connectivity index (χ2v) is 2.58. The van der Waals surface area contributed by atoms with Gasteiger partial charge in [0.05, 0.1) is 5.88 Å². The zero-order chi connectivity index (χ0) is 6.69. The van der Waals surface area contributed by atoms with E-state index in [-0.39, 0.29) is 5.91 Å². The molecule has 1 amide bonds. The van der Waals surface area contributed by atoms with Crippen LogP contribution < -0.4 is 5.43 Å². The summed E-state index contributed by atoms with van der Waals surface area (Å²) in [7, 11) is 0. The van der Waals surface area contributed by atoms with Gasteiger partial charge in [0.25, 0.3) is 0 Å². The highest BCUT2D eigenvalue weighted by Crippen LogP contribution is 2.11. The van der Waals surface area contributed by atoms with Crippen molar-refractivity contribution in [2.75, 3.05) is 5.88 Å². The van der Waals surface area contributed by atoms with Crippen LogP contribution in [0.1, 0.15) is 6.92 Å². The maximum absolute atomic E-state index is 10.4. The molecule has 0 aromatic heterocycles. The van der Waals surface area contributed by atoms with Gasteiger partial charge >= 0.3 is 0 Å². The van der Waals surface area contributed by atoms with E-state index in [1.165, 1.54) is 6.92 Å². The number of nitrogens with zero attached hydrogens (tertiary/aromatic N) is 1.